The van der Waals surface area contributed by atoms with E-state index in [-0.39, 0.29) is 10.3 Å². The van der Waals surface area contributed by atoms with Crippen molar-refractivity contribution in [1.82, 2.24) is 9.21 Å². The summed E-state index contributed by atoms with van der Waals surface area (Å²) in [4.78, 5) is 2.46. The van der Waals surface area contributed by atoms with Gasteiger partial charge < -0.3 is 4.90 Å². The largest absolute Gasteiger partial charge is 0.306 e. The Hall–Kier alpha value is -0.980. The van der Waals surface area contributed by atoms with E-state index in [9.17, 15) is 12.8 Å². The lowest BCUT2D eigenvalue weighted by Crippen LogP contribution is -2.47. The molecule has 1 aromatic carbocycles. The molecule has 2 saturated heterocycles. The lowest BCUT2D eigenvalue weighted by atomic mass is 9.80. The molecule has 1 aromatic rings. The topological polar surface area (TPSA) is 40.6 Å². The molecule has 0 radical (unpaired) electrons. The number of nitrogens with zero attached hydrogens (tertiary/aromatic N) is 2. The van der Waals surface area contributed by atoms with Crippen molar-refractivity contribution < 1.29 is 12.8 Å². The Morgan fingerprint density at radius 2 is 1.81 bits per heavy atom. The normalized spacial score (nSPS) is 28.3. The van der Waals surface area contributed by atoms with Crippen molar-refractivity contribution in [3.63, 3.8) is 0 Å². The molecule has 2 heterocycles. The van der Waals surface area contributed by atoms with Crippen LogP contribution >= 0.6 is 0 Å². The summed E-state index contributed by atoms with van der Waals surface area (Å²) in [6.45, 7) is 3.13. The van der Waals surface area contributed by atoms with E-state index in [0.717, 1.165) is 32.4 Å². The number of rotatable bonds is 2. The second-order valence-electron chi connectivity index (χ2n) is 6.38. The molecule has 4 nitrogen and oxygen atoms in total. The fraction of sp³-hybridized carbons (Fsp3) is 0.600. The molecule has 21 heavy (non-hydrogen) atoms. The summed E-state index contributed by atoms with van der Waals surface area (Å²) < 4.78 is 40.0. The average Bonchev–Trinajstić information content (AvgIpc) is 2.80. The predicted octanol–water partition coefficient (Wildman–Crippen LogP) is 1.93. The van der Waals surface area contributed by atoms with Gasteiger partial charge in [-0.2, -0.15) is 4.31 Å². The first-order chi connectivity index (χ1) is 9.91. The quantitative estimate of drug-likeness (QED) is 0.838. The Balaban J connectivity index is 1.84. The van der Waals surface area contributed by atoms with E-state index in [1.54, 1.807) is 4.31 Å². The van der Waals surface area contributed by atoms with Crippen molar-refractivity contribution in [2.75, 3.05) is 33.2 Å². The van der Waals surface area contributed by atoms with Crippen molar-refractivity contribution in [1.29, 1.82) is 0 Å². The summed E-state index contributed by atoms with van der Waals surface area (Å²) in [5.74, 6) is -0.415. The number of benzene rings is 1. The summed E-state index contributed by atoms with van der Waals surface area (Å²) in [6.07, 6.45) is 3.04. The van der Waals surface area contributed by atoms with Crippen molar-refractivity contribution in [3.8, 4) is 0 Å². The van der Waals surface area contributed by atoms with Gasteiger partial charge in [0.2, 0.25) is 10.0 Å². The highest BCUT2D eigenvalue weighted by atomic mass is 32.2. The minimum atomic E-state index is -3.51. The Morgan fingerprint density at radius 3 is 2.43 bits per heavy atom. The van der Waals surface area contributed by atoms with Crippen LogP contribution in [0.3, 0.4) is 0 Å². The van der Waals surface area contributed by atoms with Crippen molar-refractivity contribution in [2.24, 2.45) is 5.41 Å². The molecular formula is C15H21FN2O2S. The van der Waals surface area contributed by atoms with Gasteiger partial charge in [-0.1, -0.05) is 0 Å². The molecule has 2 fully saturated rings. The van der Waals surface area contributed by atoms with Gasteiger partial charge in [0.1, 0.15) is 5.82 Å². The summed E-state index contributed by atoms with van der Waals surface area (Å²) in [6, 6.07) is 5.12. The third kappa shape index (κ3) is 2.84. The fourth-order valence-electron chi connectivity index (χ4n) is 3.62. The molecule has 0 N–H and O–H groups in total. The maximum Gasteiger partial charge on any atom is 0.243 e. The Bertz CT molecular complexity index is 613. The molecule has 0 bridgehead atoms. The van der Waals surface area contributed by atoms with Crippen LogP contribution in [0.4, 0.5) is 4.39 Å². The van der Waals surface area contributed by atoms with Crippen LogP contribution in [0, 0.1) is 11.2 Å². The zero-order valence-corrected chi connectivity index (χ0v) is 13.1. The van der Waals surface area contributed by atoms with E-state index < -0.39 is 15.8 Å². The van der Waals surface area contributed by atoms with Gasteiger partial charge in [0.25, 0.3) is 0 Å². The van der Waals surface area contributed by atoms with Gasteiger partial charge in [-0.15, -0.1) is 0 Å². The molecule has 6 heteroatoms. The minimum absolute atomic E-state index is 0.0973. The number of halogens is 1. The molecule has 0 amide bonds. The highest BCUT2D eigenvalue weighted by Gasteiger charge is 2.43. The third-order valence-electron chi connectivity index (χ3n) is 4.71. The van der Waals surface area contributed by atoms with E-state index >= 15 is 0 Å². The predicted molar refractivity (Wildman–Crippen MR) is 78.9 cm³/mol. The maximum absolute atomic E-state index is 13.0. The van der Waals surface area contributed by atoms with Crippen LogP contribution < -0.4 is 0 Å². The summed E-state index contributed by atoms with van der Waals surface area (Å²) in [5, 5.41) is 0. The number of piperidine rings is 1. The van der Waals surface area contributed by atoms with Gasteiger partial charge in [-0.25, -0.2) is 12.8 Å². The molecule has 0 saturated carbocycles. The van der Waals surface area contributed by atoms with Crippen LogP contribution in [-0.2, 0) is 10.0 Å². The zero-order valence-electron chi connectivity index (χ0n) is 12.3. The van der Waals surface area contributed by atoms with Crippen molar-refractivity contribution >= 4 is 10.0 Å². The first-order valence-electron chi connectivity index (χ1n) is 7.36. The molecule has 1 spiro atoms. The molecule has 0 unspecified atom stereocenters. The standard InChI is InChI=1S/C15H21FN2O2S/c1-17-10-8-15(11-17)7-2-9-18(12-15)21(19,20)14-5-3-13(16)4-6-14/h3-6H,2,7-12H2,1H3/t15-/m1/s1. The van der Waals surface area contributed by atoms with Crippen LogP contribution in [0.2, 0.25) is 0 Å². The van der Waals surface area contributed by atoms with E-state index in [1.807, 2.05) is 0 Å². The van der Waals surface area contributed by atoms with Gasteiger partial charge in [-0.3, -0.25) is 0 Å². The lowest BCUT2D eigenvalue weighted by Gasteiger charge is -2.39. The van der Waals surface area contributed by atoms with E-state index in [1.165, 1.54) is 24.3 Å². The maximum atomic E-state index is 13.0. The number of hydrogen-bond acceptors (Lipinski definition) is 3. The van der Waals surface area contributed by atoms with Crippen molar-refractivity contribution in [2.45, 2.75) is 24.2 Å². The second-order valence-corrected chi connectivity index (χ2v) is 8.32. The third-order valence-corrected chi connectivity index (χ3v) is 6.57. The highest BCUT2D eigenvalue weighted by Crippen LogP contribution is 2.39. The second kappa shape index (κ2) is 5.34. The number of likely N-dealkylation sites (tertiary alicyclic amines) is 1. The van der Waals surface area contributed by atoms with E-state index in [0.29, 0.717) is 13.1 Å². The summed E-state index contributed by atoms with van der Waals surface area (Å²) in [5.41, 5.74) is 0.0973. The van der Waals surface area contributed by atoms with Crippen LogP contribution in [-0.4, -0.2) is 50.8 Å². The molecule has 2 aliphatic rings. The Labute approximate surface area is 125 Å². The molecule has 3 rings (SSSR count). The first kappa shape index (κ1) is 14.9. The van der Waals surface area contributed by atoms with Gasteiger partial charge in [-0.05, 0) is 62.5 Å². The highest BCUT2D eigenvalue weighted by molar-refractivity contribution is 7.89. The zero-order chi connectivity index (χ0) is 15.1. The molecule has 2 aliphatic heterocycles. The van der Waals surface area contributed by atoms with Crippen LogP contribution in [0.5, 0.6) is 0 Å². The van der Waals surface area contributed by atoms with Gasteiger partial charge >= 0.3 is 0 Å². The fourth-order valence-corrected chi connectivity index (χ4v) is 5.21. The summed E-state index contributed by atoms with van der Waals surface area (Å²) in [7, 11) is -1.43. The van der Waals surface area contributed by atoms with E-state index in [2.05, 4.69) is 11.9 Å². The minimum Gasteiger partial charge on any atom is -0.306 e. The first-order valence-corrected chi connectivity index (χ1v) is 8.80. The molecule has 0 aliphatic carbocycles. The van der Waals surface area contributed by atoms with Gasteiger partial charge in [0.15, 0.2) is 0 Å². The smallest absolute Gasteiger partial charge is 0.243 e. The molecule has 1 atom stereocenters. The van der Waals surface area contributed by atoms with Crippen LogP contribution in [0.1, 0.15) is 19.3 Å². The van der Waals surface area contributed by atoms with Crippen LogP contribution in [0.15, 0.2) is 29.2 Å². The van der Waals surface area contributed by atoms with Gasteiger partial charge in [0, 0.05) is 19.6 Å². The van der Waals surface area contributed by atoms with E-state index in [4.69, 9.17) is 0 Å². The Morgan fingerprint density at radius 1 is 1.10 bits per heavy atom. The average molecular weight is 312 g/mol. The van der Waals surface area contributed by atoms with Gasteiger partial charge in [0.05, 0.1) is 4.90 Å². The molecule has 0 aromatic heterocycles. The SMILES string of the molecule is CN1CC[C@]2(CCCN(S(=O)(=O)c3ccc(F)cc3)C2)C1. The molecular weight excluding hydrogens is 291 g/mol. The Kier molecular flexibility index (Phi) is 3.80. The summed E-state index contributed by atoms with van der Waals surface area (Å²) >= 11 is 0. The van der Waals surface area contributed by atoms with Crippen LogP contribution in [0.25, 0.3) is 0 Å². The number of hydrogen-bond donors (Lipinski definition) is 0. The lowest BCUT2D eigenvalue weighted by molar-refractivity contribution is 0.153. The molecule has 116 valence electrons. The number of sulfonamides is 1. The van der Waals surface area contributed by atoms with Crippen molar-refractivity contribution in [3.05, 3.63) is 30.1 Å². The monoisotopic (exact) mass is 312 g/mol.